The number of phenolic OH excluding ortho intramolecular Hbond substituents is 1. The van der Waals surface area contributed by atoms with Gasteiger partial charge in [0, 0.05) is 24.8 Å². The van der Waals surface area contributed by atoms with Crippen molar-refractivity contribution >= 4 is 34.5 Å². The van der Waals surface area contributed by atoms with E-state index in [1.807, 2.05) is 0 Å². The zero-order chi connectivity index (χ0) is 21.8. The average molecular weight is 409 g/mol. The number of nitrogens with one attached hydrogen (secondary N) is 2. The van der Waals surface area contributed by atoms with Gasteiger partial charge in [0.05, 0.1) is 23.7 Å². The maximum atomic E-state index is 12.4. The number of hydrogen-bond acceptors (Lipinski definition) is 8. The minimum absolute atomic E-state index is 0.00425. The zero-order valence-corrected chi connectivity index (χ0v) is 15.9. The number of phenols is 1. The molecular weight excluding hydrogens is 390 g/mol. The van der Waals surface area contributed by atoms with Crippen molar-refractivity contribution in [1.82, 2.24) is 0 Å². The van der Waals surface area contributed by atoms with Gasteiger partial charge in [-0.3, -0.25) is 14.4 Å². The predicted molar refractivity (Wildman–Crippen MR) is 110 cm³/mol. The summed E-state index contributed by atoms with van der Waals surface area (Å²) in [4.78, 5) is 36.1. The maximum absolute atomic E-state index is 12.4. The van der Waals surface area contributed by atoms with Crippen molar-refractivity contribution in [2.45, 2.75) is 13.5 Å². The smallest absolute Gasteiger partial charge is 0.223 e. The summed E-state index contributed by atoms with van der Waals surface area (Å²) in [7, 11) is 0. The molecule has 9 heteroatoms. The van der Waals surface area contributed by atoms with Crippen LogP contribution in [0, 0.1) is 0 Å². The number of carbonyl (C=O) groups excluding carboxylic acids is 3. The fourth-order valence-electron chi connectivity index (χ4n) is 2.69. The summed E-state index contributed by atoms with van der Waals surface area (Å²) in [5.74, 6) is -1.59. The van der Waals surface area contributed by atoms with Crippen molar-refractivity contribution < 1.29 is 29.3 Å². The Kier molecular flexibility index (Phi) is 5.84. The highest BCUT2D eigenvalue weighted by Crippen LogP contribution is 2.29. The summed E-state index contributed by atoms with van der Waals surface area (Å²) in [6.45, 7) is 1.10. The van der Waals surface area contributed by atoms with E-state index in [4.69, 9.17) is 15.6 Å². The van der Waals surface area contributed by atoms with Crippen molar-refractivity contribution in [3.63, 3.8) is 0 Å². The molecule has 0 spiro atoms. The van der Waals surface area contributed by atoms with E-state index >= 15 is 0 Å². The van der Waals surface area contributed by atoms with E-state index in [1.54, 1.807) is 6.07 Å². The molecule has 0 unspecified atom stereocenters. The summed E-state index contributed by atoms with van der Waals surface area (Å²) >= 11 is 0. The van der Waals surface area contributed by atoms with E-state index < -0.39 is 11.6 Å². The molecule has 0 heterocycles. The molecule has 2 aromatic rings. The Labute approximate surface area is 171 Å². The molecule has 0 saturated carbocycles. The molecule has 1 amide bonds. The summed E-state index contributed by atoms with van der Waals surface area (Å²) in [5, 5.41) is 24.2. The minimum Gasteiger partial charge on any atom is -0.506 e. The minimum atomic E-state index is -0.552. The van der Waals surface area contributed by atoms with Crippen LogP contribution in [0.4, 0.5) is 17.1 Å². The van der Waals surface area contributed by atoms with Gasteiger partial charge >= 0.3 is 0 Å². The maximum Gasteiger partial charge on any atom is 0.223 e. The third-order valence-electron chi connectivity index (χ3n) is 4.11. The first-order valence-corrected chi connectivity index (χ1v) is 8.83. The number of rotatable bonds is 6. The Bertz CT molecular complexity index is 1100. The van der Waals surface area contributed by atoms with Crippen LogP contribution in [0.3, 0.4) is 0 Å². The molecule has 2 aromatic carbocycles. The number of aromatic hydroxyl groups is 1. The van der Waals surface area contributed by atoms with Crippen LogP contribution in [0.5, 0.6) is 11.5 Å². The summed E-state index contributed by atoms with van der Waals surface area (Å²) in [6.07, 6.45) is 2.13. The van der Waals surface area contributed by atoms with Crippen molar-refractivity contribution in [2.24, 2.45) is 0 Å². The summed E-state index contributed by atoms with van der Waals surface area (Å²) < 4.78 is 5.48. The first-order chi connectivity index (χ1) is 14.3. The van der Waals surface area contributed by atoms with Gasteiger partial charge in [0.2, 0.25) is 17.5 Å². The van der Waals surface area contributed by atoms with Crippen LogP contribution in [0.1, 0.15) is 12.5 Å². The number of anilines is 3. The number of amides is 1. The van der Waals surface area contributed by atoms with Crippen molar-refractivity contribution in [3.8, 4) is 11.5 Å². The number of ketones is 2. The van der Waals surface area contributed by atoms with Crippen LogP contribution < -0.4 is 21.1 Å². The second kappa shape index (κ2) is 8.50. The Morgan fingerprint density at radius 3 is 2.53 bits per heavy atom. The van der Waals surface area contributed by atoms with Gasteiger partial charge in [-0.05, 0) is 35.9 Å². The van der Waals surface area contributed by atoms with E-state index in [0.717, 1.165) is 12.2 Å². The highest BCUT2D eigenvalue weighted by molar-refractivity contribution is 6.20. The van der Waals surface area contributed by atoms with Gasteiger partial charge < -0.3 is 31.3 Å². The van der Waals surface area contributed by atoms with Crippen molar-refractivity contribution in [3.05, 3.63) is 65.6 Å². The Morgan fingerprint density at radius 2 is 1.87 bits per heavy atom. The summed E-state index contributed by atoms with van der Waals surface area (Å²) in [6, 6.07) is 8.84. The highest BCUT2D eigenvalue weighted by Gasteiger charge is 2.23. The molecule has 0 atom stereocenters. The molecule has 9 nitrogen and oxygen atoms in total. The third kappa shape index (κ3) is 4.65. The normalized spacial score (nSPS) is 13.4. The lowest BCUT2D eigenvalue weighted by molar-refractivity contribution is -0.116. The van der Waals surface area contributed by atoms with Crippen LogP contribution in [0.15, 0.2) is 60.0 Å². The first kappa shape index (κ1) is 20.6. The van der Waals surface area contributed by atoms with Gasteiger partial charge in [0.1, 0.15) is 5.75 Å². The second-order valence-electron chi connectivity index (χ2n) is 6.47. The van der Waals surface area contributed by atoms with Crippen LogP contribution in [-0.2, 0) is 21.0 Å². The number of benzene rings is 2. The second-order valence-corrected chi connectivity index (χ2v) is 6.47. The van der Waals surface area contributed by atoms with Crippen LogP contribution in [0.2, 0.25) is 0 Å². The lowest BCUT2D eigenvalue weighted by atomic mass is 10.1. The quantitative estimate of drug-likeness (QED) is 0.210. The molecule has 154 valence electrons. The average Bonchev–Trinajstić information content (AvgIpc) is 2.69. The first-order valence-electron chi connectivity index (χ1n) is 8.83. The zero-order valence-electron chi connectivity index (χ0n) is 15.9. The Hall–Kier alpha value is -4.11. The molecule has 30 heavy (non-hydrogen) atoms. The molecule has 3 rings (SSSR count). The molecule has 0 bridgehead atoms. The van der Waals surface area contributed by atoms with Gasteiger partial charge in [0.25, 0.3) is 0 Å². The largest absolute Gasteiger partial charge is 0.506 e. The lowest BCUT2D eigenvalue weighted by Crippen LogP contribution is -2.21. The van der Waals surface area contributed by atoms with Crippen molar-refractivity contribution in [1.29, 1.82) is 0 Å². The van der Waals surface area contributed by atoms with E-state index in [0.29, 0.717) is 11.3 Å². The lowest BCUT2D eigenvalue weighted by Gasteiger charge is -2.16. The molecule has 1 aliphatic rings. The number of aliphatic hydroxyl groups excluding tert-OH is 1. The Balaban J connectivity index is 1.76. The molecule has 1 aliphatic carbocycles. The van der Waals surface area contributed by atoms with Crippen LogP contribution in [-0.4, -0.2) is 27.7 Å². The van der Waals surface area contributed by atoms with Gasteiger partial charge in [-0.2, -0.15) is 0 Å². The summed E-state index contributed by atoms with van der Waals surface area (Å²) in [5.41, 5.74) is 7.17. The van der Waals surface area contributed by atoms with E-state index in [9.17, 15) is 19.5 Å². The fourth-order valence-corrected chi connectivity index (χ4v) is 2.69. The molecule has 0 aromatic heterocycles. The molecule has 0 radical (unpaired) electrons. The Morgan fingerprint density at radius 1 is 1.10 bits per heavy atom. The molecule has 0 fully saturated rings. The topological polar surface area (TPSA) is 151 Å². The van der Waals surface area contributed by atoms with E-state index in [2.05, 4.69) is 10.6 Å². The number of ether oxygens (including phenoxy) is 1. The standard InChI is InChI=1S/C21H19N3O6/c1-11(26)23-15-7-13(3-4-17(15)27)24-16-8-19(29)21(9-18(16)28)30-20-5-2-12(10-25)6-14(20)22/h2-9,24-25,27H,10,22H2,1H3,(H,23,26). The van der Waals surface area contributed by atoms with E-state index in [-0.39, 0.29) is 46.8 Å². The monoisotopic (exact) mass is 409 g/mol. The predicted octanol–water partition coefficient (Wildman–Crippen LogP) is 1.84. The molecule has 6 N–H and O–H groups in total. The fraction of sp³-hybridized carbons (Fsp3) is 0.0952. The SMILES string of the molecule is CC(=O)Nc1cc(NC2=CC(=O)C(Oc3ccc(CO)cc3N)=CC2=O)ccc1O. The number of nitrogen functional groups attached to an aromatic ring is 1. The number of hydrogen-bond donors (Lipinski definition) is 5. The molecule has 0 aliphatic heterocycles. The van der Waals surface area contributed by atoms with Crippen molar-refractivity contribution in [2.75, 3.05) is 16.4 Å². The highest BCUT2D eigenvalue weighted by atomic mass is 16.5. The van der Waals surface area contributed by atoms with Gasteiger partial charge in [-0.1, -0.05) is 6.07 Å². The third-order valence-corrected chi connectivity index (χ3v) is 4.11. The van der Waals surface area contributed by atoms with Gasteiger partial charge in [0.15, 0.2) is 11.5 Å². The van der Waals surface area contributed by atoms with E-state index in [1.165, 1.54) is 37.3 Å². The van der Waals surface area contributed by atoms with Gasteiger partial charge in [-0.15, -0.1) is 0 Å². The van der Waals surface area contributed by atoms with Crippen LogP contribution >= 0.6 is 0 Å². The van der Waals surface area contributed by atoms with Crippen LogP contribution in [0.25, 0.3) is 0 Å². The van der Waals surface area contributed by atoms with Gasteiger partial charge in [-0.25, -0.2) is 0 Å². The number of aliphatic hydroxyl groups is 1. The number of carbonyl (C=O) groups is 3. The molecule has 0 saturated heterocycles. The molecular formula is C21H19N3O6. The number of allylic oxidation sites excluding steroid dienone is 2. The number of nitrogens with two attached hydrogens (primary N) is 1.